The third kappa shape index (κ3) is 3.95. The van der Waals surface area contributed by atoms with E-state index in [1.165, 1.54) is 6.07 Å². The van der Waals surface area contributed by atoms with Crippen LogP contribution >= 0.6 is 15.9 Å². The number of hydrogen-bond acceptors (Lipinski definition) is 2. The summed E-state index contributed by atoms with van der Waals surface area (Å²) >= 11 is 3.22. The van der Waals surface area contributed by atoms with Crippen molar-refractivity contribution in [2.75, 3.05) is 0 Å². The lowest BCUT2D eigenvalue weighted by Gasteiger charge is -2.35. The number of ether oxygens (including phenoxy) is 1. The second kappa shape index (κ2) is 6.02. The lowest BCUT2D eigenvalue weighted by Crippen LogP contribution is -2.47. The number of nitrogens with two attached hydrogens (primary N) is 1. The quantitative estimate of drug-likeness (QED) is 0.906. The van der Waals surface area contributed by atoms with Crippen LogP contribution in [0.25, 0.3) is 0 Å². The molecule has 2 atom stereocenters. The minimum Gasteiger partial charge on any atom is -0.485 e. The maximum Gasteiger partial charge on any atom is 0.166 e. The lowest BCUT2D eigenvalue weighted by molar-refractivity contribution is 0.0586. The average Bonchev–Trinajstić information content (AvgIpc) is 2.25. The summed E-state index contributed by atoms with van der Waals surface area (Å²) in [6, 6.07) is 4.66. The van der Waals surface area contributed by atoms with Crippen LogP contribution in [0.1, 0.15) is 34.1 Å². The van der Waals surface area contributed by atoms with Crippen LogP contribution < -0.4 is 10.5 Å². The molecule has 1 aromatic rings. The Morgan fingerprint density at radius 2 is 2.00 bits per heavy atom. The van der Waals surface area contributed by atoms with Crippen LogP contribution in [0.5, 0.6) is 5.75 Å². The molecule has 0 aromatic heterocycles. The summed E-state index contributed by atoms with van der Waals surface area (Å²) in [7, 11) is 0. The molecular formula is C14H21BrFNO. The van der Waals surface area contributed by atoms with Gasteiger partial charge in [-0.05, 0) is 24.6 Å². The molecule has 0 fully saturated rings. The zero-order valence-corrected chi connectivity index (χ0v) is 12.9. The van der Waals surface area contributed by atoms with Crippen LogP contribution in [0.15, 0.2) is 22.7 Å². The molecule has 0 amide bonds. The van der Waals surface area contributed by atoms with Crippen molar-refractivity contribution in [1.29, 1.82) is 0 Å². The van der Waals surface area contributed by atoms with Crippen molar-refractivity contribution in [3.05, 3.63) is 28.5 Å². The van der Waals surface area contributed by atoms with E-state index < -0.39 is 0 Å². The maximum absolute atomic E-state index is 13.8. The predicted octanol–water partition coefficient (Wildman–Crippen LogP) is 4.12. The van der Waals surface area contributed by atoms with E-state index in [0.717, 1.165) is 6.42 Å². The first-order valence-electron chi connectivity index (χ1n) is 6.13. The summed E-state index contributed by atoms with van der Waals surface area (Å²) in [5.74, 6) is -0.121. The Morgan fingerprint density at radius 1 is 1.39 bits per heavy atom. The molecule has 4 heteroatoms. The van der Waals surface area contributed by atoms with Crippen LogP contribution in [-0.4, -0.2) is 12.1 Å². The zero-order valence-electron chi connectivity index (χ0n) is 11.3. The summed E-state index contributed by atoms with van der Waals surface area (Å²) < 4.78 is 20.3. The largest absolute Gasteiger partial charge is 0.485 e. The number of hydrogen-bond donors (Lipinski definition) is 1. The summed E-state index contributed by atoms with van der Waals surface area (Å²) in [6.07, 6.45) is 0.568. The van der Waals surface area contributed by atoms with Crippen molar-refractivity contribution in [3.8, 4) is 5.75 Å². The average molecular weight is 318 g/mol. The fourth-order valence-electron chi connectivity index (χ4n) is 1.83. The topological polar surface area (TPSA) is 35.2 Å². The summed E-state index contributed by atoms with van der Waals surface area (Å²) in [4.78, 5) is 0. The van der Waals surface area contributed by atoms with Crippen LogP contribution in [0, 0.1) is 11.2 Å². The summed E-state index contributed by atoms with van der Waals surface area (Å²) in [5.41, 5.74) is 5.93. The summed E-state index contributed by atoms with van der Waals surface area (Å²) in [5, 5.41) is 0. The third-order valence-electron chi connectivity index (χ3n) is 2.86. The SMILES string of the molecule is CCC(N)C(Oc1ccc(Br)cc1F)C(C)(C)C. The number of halogens is 2. The Morgan fingerprint density at radius 3 is 2.44 bits per heavy atom. The Bertz CT molecular complexity index is 403. The van der Waals surface area contributed by atoms with Crippen LogP contribution in [0.3, 0.4) is 0 Å². The minimum absolute atomic E-state index is 0.118. The molecular weight excluding hydrogens is 297 g/mol. The molecule has 2 unspecified atom stereocenters. The second-order valence-electron chi connectivity index (χ2n) is 5.55. The fourth-order valence-corrected chi connectivity index (χ4v) is 2.16. The van der Waals surface area contributed by atoms with E-state index in [1.54, 1.807) is 12.1 Å². The first-order valence-corrected chi connectivity index (χ1v) is 6.92. The van der Waals surface area contributed by atoms with Gasteiger partial charge < -0.3 is 10.5 Å². The standard InChI is InChI=1S/C14H21BrFNO/c1-5-11(17)13(14(2,3)4)18-12-7-6-9(15)8-10(12)16/h6-8,11,13H,5,17H2,1-4H3. The van der Waals surface area contributed by atoms with Gasteiger partial charge in [-0.15, -0.1) is 0 Å². The lowest BCUT2D eigenvalue weighted by atomic mass is 9.84. The Hall–Kier alpha value is -0.610. The second-order valence-corrected chi connectivity index (χ2v) is 6.47. The molecule has 0 aliphatic heterocycles. The minimum atomic E-state index is -0.373. The maximum atomic E-state index is 13.8. The van der Waals surface area contributed by atoms with Crippen LogP contribution in [-0.2, 0) is 0 Å². The summed E-state index contributed by atoms with van der Waals surface area (Å²) in [6.45, 7) is 8.14. The van der Waals surface area contributed by atoms with E-state index in [1.807, 2.05) is 27.7 Å². The van der Waals surface area contributed by atoms with E-state index in [0.29, 0.717) is 4.47 Å². The molecule has 1 rings (SSSR count). The molecule has 0 aliphatic rings. The Kier molecular flexibility index (Phi) is 5.17. The molecule has 0 spiro atoms. The molecule has 2 N–H and O–H groups in total. The number of rotatable bonds is 4. The molecule has 0 saturated heterocycles. The molecule has 0 saturated carbocycles. The molecule has 2 nitrogen and oxygen atoms in total. The van der Waals surface area contributed by atoms with Crippen molar-refractivity contribution in [2.45, 2.75) is 46.3 Å². The highest BCUT2D eigenvalue weighted by molar-refractivity contribution is 9.10. The van der Waals surface area contributed by atoms with Crippen molar-refractivity contribution >= 4 is 15.9 Å². The molecule has 0 aliphatic carbocycles. The van der Waals surface area contributed by atoms with Crippen molar-refractivity contribution < 1.29 is 9.13 Å². The highest BCUT2D eigenvalue weighted by Crippen LogP contribution is 2.30. The first-order chi connectivity index (χ1) is 8.25. The molecule has 0 radical (unpaired) electrons. The van der Waals surface area contributed by atoms with Crippen molar-refractivity contribution in [2.24, 2.45) is 11.1 Å². The monoisotopic (exact) mass is 317 g/mol. The third-order valence-corrected chi connectivity index (χ3v) is 3.35. The fraction of sp³-hybridized carbons (Fsp3) is 0.571. The van der Waals surface area contributed by atoms with Gasteiger partial charge in [0.2, 0.25) is 0 Å². The number of benzene rings is 1. The van der Waals surface area contributed by atoms with Gasteiger partial charge in [-0.2, -0.15) is 0 Å². The van der Waals surface area contributed by atoms with Gasteiger partial charge >= 0.3 is 0 Å². The van der Waals surface area contributed by atoms with Crippen molar-refractivity contribution in [3.63, 3.8) is 0 Å². The highest BCUT2D eigenvalue weighted by atomic mass is 79.9. The van der Waals surface area contributed by atoms with Gasteiger partial charge in [0.25, 0.3) is 0 Å². The zero-order chi connectivity index (χ0) is 13.9. The van der Waals surface area contributed by atoms with E-state index >= 15 is 0 Å². The van der Waals surface area contributed by atoms with Gasteiger partial charge in [-0.3, -0.25) is 0 Å². The highest BCUT2D eigenvalue weighted by Gasteiger charge is 2.32. The molecule has 0 heterocycles. The molecule has 0 bridgehead atoms. The van der Waals surface area contributed by atoms with Gasteiger partial charge in [0.15, 0.2) is 11.6 Å². The van der Waals surface area contributed by atoms with Crippen LogP contribution in [0.2, 0.25) is 0 Å². The smallest absolute Gasteiger partial charge is 0.166 e. The van der Waals surface area contributed by atoms with E-state index in [2.05, 4.69) is 15.9 Å². The normalized spacial score (nSPS) is 15.3. The van der Waals surface area contributed by atoms with Gasteiger partial charge in [0.1, 0.15) is 6.10 Å². The predicted molar refractivity (Wildman–Crippen MR) is 76.2 cm³/mol. The first kappa shape index (κ1) is 15.4. The van der Waals surface area contributed by atoms with Crippen molar-refractivity contribution in [1.82, 2.24) is 0 Å². The van der Waals surface area contributed by atoms with Gasteiger partial charge in [0.05, 0.1) is 0 Å². The van der Waals surface area contributed by atoms with E-state index in [4.69, 9.17) is 10.5 Å². The Labute approximate surface area is 117 Å². The molecule has 18 heavy (non-hydrogen) atoms. The van der Waals surface area contributed by atoms with Gasteiger partial charge in [-0.25, -0.2) is 4.39 Å². The van der Waals surface area contributed by atoms with Gasteiger partial charge in [0, 0.05) is 15.9 Å². The molecule has 1 aromatic carbocycles. The van der Waals surface area contributed by atoms with E-state index in [-0.39, 0.29) is 29.1 Å². The van der Waals surface area contributed by atoms with Crippen LogP contribution in [0.4, 0.5) is 4.39 Å². The molecule has 102 valence electrons. The Balaban J connectivity index is 2.96. The van der Waals surface area contributed by atoms with E-state index in [9.17, 15) is 4.39 Å². The van der Waals surface area contributed by atoms with Gasteiger partial charge in [-0.1, -0.05) is 43.6 Å².